The van der Waals surface area contributed by atoms with Crippen LogP contribution in [0.2, 0.25) is 0 Å². The van der Waals surface area contributed by atoms with E-state index in [9.17, 15) is 22.4 Å². The minimum Gasteiger partial charge on any atom is -0.478 e. The topological polar surface area (TPSA) is 66.0 Å². The predicted octanol–water partition coefficient (Wildman–Crippen LogP) is 2.93. The first-order valence-corrected chi connectivity index (χ1v) is 4.94. The summed E-state index contributed by atoms with van der Waals surface area (Å²) in [5, 5.41) is 14.5. The Hall–Kier alpha value is -2.38. The number of nitrogens with one attached hydrogen (secondary N) is 1. The highest BCUT2D eigenvalue weighted by Crippen LogP contribution is 2.37. The summed E-state index contributed by atoms with van der Waals surface area (Å²) in [6, 6.07) is 2.03. The van der Waals surface area contributed by atoms with E-state index in [1.165, 1.54) is 12.3 Å². The van der Waals surface area contributed by atoms with Crippen LogP contribution in [-0.2, 0) is 6.18 Å². The summed E-state index contributed by atoms with van der Waals surface area (Å²) in [5.41, 5.74) is -2.62. The number of H-pyrrole nitrogens is 1. The van der Waals surface area contributed by atoms with Crippen molar-refractivity contribution in [2.45, 2.75) is 6.18 Å². The molecule has 0 fully saturated rings. The van der Waals surface area contributed by atoms with Gasteiger partial charge in [-0.15, -0.1) is 0 Å². The molecule has 0 amide bonds. The molecule has 0 aliphatic heterocycles. The van der Waals surface area contributed by atoms with Gasteiger partial charge < -0.3 is 5.11 Å². The fourth-order valence-corrected chi connectivity index (χ4v) is 1.60. The Balaban J connectivity index is 2.74. The van der Waals surface area contributed by atoms with Crippen LogP contribution in [0.15, 0.2) is 24.4 Å². The highest BCUT2D eigenvalue weighted by Gasteiger charge is 2.35. The van der Waals surface area contributed by atoms with Gasteiger partial charge >= 0.3 is 12.1 Å². The van der Waals surface area contributed by atoms with Crippen molar-refractivity contribution in [1.29, 1.82) is 0 Å². The Morgan fingerprint density at radius 2 is 2.00 bits per heavy atom. The van der Waals surface area contributed by atoms with Gasteiger partial charge in [-0.05, 0) is 18.2 Å². The van der Waals surface area contributed by atoms with Gasteiger partial charge in [0, 0.05) is 11.8 Å². The largest absolute Gasteiger partial charge is 0.478 e. The van der Waals surface area contributed by atoms with Crippen LogP contribution in [0.3, 0.4) is 0 Å². The molecule has 0 bridgehead atoms. The van der Waals surface area contributed by atoms with Gasteiger partial charge in [-0.2, -0.15) is 18.3 Å². The molecule has 4 nitrogen and oxygen atoms in total. The zero-order valence-corrected chi connectivity index (χ0v) is 9.12. The van der Waals surface area contributed by atoms with Crippen molar-refractivity contribution >= 4 is 5.97 Å². The number of nitrogens with zero attached hydrogens (tertiary/aromatic N) is 1. The Labute approximate surface area is 103 Å². The first kappa shape index (κ1) is 13.1. The summed E-state index contributed by atoms with van der Waals surface area (Å²) in [6.07, 6.45) is -3.60. The molecule has 1 aromatic heterocycles. The van der Waals surface area contributed by atoms with E-state index in [1.807, 2.05) is 0 Å². The van der Waals surface area contributed by atoms with Gasteiger partial charge in [0.05, 0.1) is 16.8 Å². The van der Waals surface area contributed by atoms with Crippen molar-refractivity contribution in [3.8, 4) is 11.3 Å². The van der Waals surface area contributed by atoms with Crippen molar-refractivity contribution in [2.75, 3.05) is 0 Å². The molecule has 0 atom stereocenters. The van der Waals surface area contributed by atoms with Gasteiger partial charge in [0.1, 0.15) is 5.82 Å². The van der Waals surface area contributed by atoms with Crippen molar-refractivity contribution in [3.63, 3.8) is 0 Å². The number of carboxylic acids is 1. The van der Waals surface area contributed by atoms with Gasteiger partial charge in [-0.25, -0.2) is 9.18 Å². The smallest absolute Gasteiger partial charge is 0.417 e. The fraction of sp³-hybridized carbons (Fsp3) is 0.0909. The number of alkyl halides is 3. The molecule has 2 aromatic rings. The Morgan fingerprint density at radius 1 is 1.32 bits per heavy atom. The molecule has 1 aromatic carbocycles. The van der Waals surface area contributed by atoms with Crippen LogP contribution in [0.25, 0.3) is 11.3 Å². The zero-order valence-electron chi connectivity index (χ0n) is 9.12. The molecule has 0 spiro atoms. The summed E-state index contributed by atoms with van der Waals surface area (Å²) in [4.78, 5) is 10.8. The van der Waals surface area contributed by atoms with Crippen LogP contribution in [0.5, 0.6) is 0 Å². The zero-order chi connectivity index (χ0) is 14.2. The number of hydrogen-bond donors (Lipinski definition) is 2. The third kappa shape index (κ3) is 2.42. The maximum atomic E-state index is 13.3. The second kappa shape index (κ2) is 4.38. The molecule has 0 aliphatic rings. The van der Waals surface area contributed by atoms with E-state index in [0.29, 0.717) is 6.07 Å². The predicted molar refractivity (Wildman–Crippen MR) is 55.9 cm³/mol. The average molecular weight is 274 g/mol. The van der Waals surface area contributed by atoms with Crippen molar-refractivity contribution in [3.05, 3.63) is 41.3 Å². The maximum Gasteiger partial charge on any atom is 0.417 e. The van der Waals surface area contributed by atoms with Crippen molar-refractivity contribution in [1.82, 2.24) is 10.2 Å². The van der Waals surface area contributed by atoms with Gasteiger partial charge in [-0.1, -0.05) is 0 Å². The van der Waals surface area contributed by atoms with E-state index in [0.717, 1.165) is 0 Å². The molecule has 2 rings (SSSR count). The molecule has 8 heteroatoms. The number of aromatic carboxylic acids is 1. The van der Waals surface area contributed by atoms with Crippen LogP contribution in [0.1, 0.15) is 15.9 Å². The van der Waals surface area contributed by atoms with E-state index in [2.05, 4.69) is 10.2 Å². The normalized spacial score (nSPS) is 11.6. The van der Waals surface area contributed by atoms with E-state index < -0.39 is 34.7 Å². The summed E-state index contributed by atoms with van der Waals surface area (Å²) >= 11 is 0. The molecule has 100 valence electrons. The van der Waals surface area contributed by atoms with Gasteiger partial charge in [0.2, 0.25) is 0 Å². The van der Waals surface area contributed by atoms with E-state index >= 15 is 0 Å². The molecule has 0 radical (unpaired) electrons. The third-order valence-corrected chi connectivity index (χ3v) is 2.43. The molecule has 0 saturated carbocycles. The molecule has 0 saturated heterocycles. The number of carboxylic acid groups (broad SMARTS) is 1. The lowest BCUT2D eigenvalue weighted by Gasteiger charge is -2.13. The number of aromatic amines is 1. The number of halogens is 4. The first-order chi connectivity index (χ1) is 8.80. The van der Waals surface area contributed by atoms with Crippen molar-refractivity contribution in [2.24, 2.45) is 0 Å². The van der Waals surface area contributed by atoms with Gasteiger partial charge in [-0.3, -0.25) is 5.10 Å². The maximum absolute atomic E-state index is 13.3. The molecule has 1 heterocycles. The Bertz CT molecular complexity index is 620. The summed E-state index contributed by atoms with van der Waals surface area (Å²) in [6.45, 7) is 0. The van der Waals surface area contributed by atoms with E-state index in [4.69, 9.17) is 5.11 Å². The molecule has 0 aliphatic carbocycles. The molecule has 0 unspecified atom stereocenters. The lowest BCUT2D eigenvalue weighted by atomic mass is 10.0. The monoisotopic (exact) mass is 274 g/mol. The summed E-state index contributed by atoms with van der Waals surface area (Å²) < 4.78 is 51.8. The van der Waals surface area contributed by atoms with Crippen LogP contribution in [0, 0.1) is 5.82 Å². The number of carbonyl (C=O) groups is 1. The lowest BCUT2D eigenvalue weighted by Crippen LogP contribution is -2.11. The minimum absolute atomic E-state index is 0.0465. The number of aromatic nitrogens is 2. The quantitative estimate of drug-likeness (QED) is 0.827. The lowest BCUT2D eigenvalue weighted by molar-refractivity contribution is -0.137. The SMILES string of the molecule is O=C(O)c1cc(-c2ccn[nH]2)c(C(F)(F)F)cc1F. The van der Waals surface area contributed by atoms with Gasteiger partial charge in [0.25, 0.3) is 0 Å². The second-order valence-corrected chi connectivity index (χ2v) is 3.65. The average Bonchev–Trinajstić information content (AvgIpc) is 2.80. The first-order valence-electron chi connectivity index (χ1n) is 4.94. The summed E-state index contributed by atoms with van der Waals surface area (Å²) in [5.74, 6) is -3.09. The Morgan fingerprint density at radius 3 is 2.47 bits per heavy atom. The highest BCUT2D eigenvalue weighted by atomic mass is 19.4. The van der Waals surface area contributed by atoms with Crippen LogP contribution < -0.4 is 0 Å². The van der Waals surface area contributed by atoms with Gasteiger partial charge in [0.15, 0.2) is 0 Å². The molecule has 19 heavy (non-hydrogen) atoms. The number of benzene rings is 1. The third-order valence-electron chi connectivity index (χ3n) is 2.43. The summed E-state index contributed by atoms with van der Waals surface area (Å²) in [7, 11) is 0. The van der Waals surface area contributed by atoms with Crippen LogP contribution in [0.4, 0.5) is 17.6 Å². The highest BCUT2D eigenvalue weighted by molar-refractivity contribution is 5.90. The van der Waals surface area contributed by atoms with Crippen LogP contribution in [-0.4, -0.2) is 21.3 Å². The van der Waals surface area contributed by atoms with Crippen molar-refractivity contribution < 1.29 is 27.5 Å². The second-order valence-electron chi connectivity index (χ2n) is 3.65. The molecular weight excluding hydrogens is 268 g/mol. The Kier molecular flexibility index (Phi) is 3.01. The standard InChI is InChI=1S/C11H6F4N2O2/c12-8-4-7(11(13,14)15)5(3-6(8)10(18)19)9-1-2-16-17-9/h1-4H,(H,16,17)(H,18,19). The number of hydrogen-bond acceptors (Lipinski definition) is 2. The fourth-order valence-electron chi connectivity index (χ4n) is 1.60. The van der Waals surface area contributed by atoms with E-state index in [1.54, 1.807) is 0 Å². The number of rotatable bonds is 2. The van der Waals surface area contributed by atoms with Crippen LogP contribution >= 0.6 is 0 Å². The minimum atomic E-state index is -4.81. The van der Waals surface area contributed by atoms with E-state index in [-0.39, 0.29) is 11.8 Å². The molecule has 2 N–H and O–H groups in total. The molecular formula is C11H6F4N2O2.